The van der Waals surface area contributed by atoms with E-state index in [2.05, 4.69) is 0 Å². The molecular weight excluding hydrogens is 256 g/mol. The van der Waals surface area contributed by atoms with E-state index in [1.165, 1.54) is 38.5 Å². The second kappa shape index (κ2) is 9.56. The van der Waals surface area contributed by atoms with E-state index in [-0.39, 0.29) is 0 Å². The smallest absolute Gasteiger partial charge is 0.328 e. The minimum absolute atomic E-state index is 0.558. The van der Waals surface area contributed by atoms with Gasteiger partial charge in [-0.15, -0.1) is 0 Å². The number of carbonyl (C=O) groups is 2. The van der Waals surface area contributed by atoms with E-state index in [9.17, 15) is 9.59 Å². The highest BCUT2D eigenvalue weighted by atomic mass is 16.4. The fourth-order valence-electron chi connectivity index (χ4n) is 3.35. The standard InChI is InChI=1S/C12H22.C4H4O4/c1-3-7-11(8-4-1)12-9-5-2-6-10-12;5-3(6)1-2-4(7)8/h11-12H,1-10H2;1-2H,(H,5,6)(H,7,8)/b;2-1+. The maximum Gasteiger partial charge on any atom is 0.328 e. The van der Waals surface area contributed by atoms with Crippen LogP contribution in [0.2, 0.25) is 0 Å². The number of carboxylic acid groups (broad SMARTS) is 2. The summed E-state index contributed by atoms with van der Waals surface area (Å²) in [7, 11) is 0. The summed E-state index contributed by atoms with van der Waals surface area (Å²) >= 11 is 0. The third-order valence-electron chi connectivity index (χ3n) is 4.33. The zero-order chi connectivity index (χ0) is 14.8. The summed E-state index contributed by atoms with van der Waals surface area (Å²) in [5, 5.41) is 15.6. The lowest BCUT2D eigenvalue weighted by atomic mass is 9.73. The Morgan fingerprint density at radius 1 is 0.650 bits per heavy atom. The Hall–Kier alpha value is -1.32. The molecule has 0 aromatic carbocycles. The lowest BCUT2D eigenvalue weighted by Gasteiger charge is -2.32. The largest absolute Gasteiger partial charge is 0.478 e. The Kier molecular flexibility index (Phi) is 8.00. The average molecular weight is 282 g/mol. The number of hydrogen-bond donors (Lipinski definition) is 2. The quantitative estimate of drug-likeness (QED) is 0.771. The molecule has 0 amide bonds. The molecule has 0 aromatic rings. The summed E-state index contributed by atoms with van der Waals surface area (Å²) in [6.45, 7) is 0. The van der Waals surface area contributed by atoms with Crippen LogP contribution in [0.5, 0.6) is 0 Å². The Balaban J connectivity index is 0.000000221. The van der Waals surface area contributed by atoms with Gasteiger partial charge >= 0.3 is 11.9 Å². The molecule has 0 heterocycles. The van der Waals surface area contributed by atoms with Gasteiger partial charge in [0, 0.05) is 12.2 Å². The first kappa shape index (κ1) is 16.7. The van der Waals surface area contributed by atoms with E-state index in [1.807, 2.05) is 0 Å². The molecule has 4 nitrogen and oxygen atoms in total. The Morgan fingerprint density at radius 2 is 0.950 bits per heavy atom. The van der Waals surface area contributed by atoms with Gasteiger partial charge in [-0.25, -0.2) is 9.59 Å². The zero-order valence-electron chi connectivity index (χ0n) is 12.1. The van der Waals surface area contributed by atoms with E-state index in [4.69, 9.17) is 10.2 Å². The second-order valence-electron chi connectivity index (χ2n) is 5.81. The first-order valence-corrected chi connectivity index (χ1v) is 7.73. The SMILES string of the molecule is C1CCC(C2CCCCC2)CC1.O=C(O)/C=C/C(=O)O. The van der Waals surface area contributed by atoms with Crippen molar-refractivity contribution in [2.24, 2.45) is 11.8 Å². The summed E-state index contributed by atoms with van der Waals surface area (Å²) in [6, 6.07) is 0. The zero-order valence-corrected chi connectivity index (χ0v) is 12.1. The fourth-order valence-corrected chi connectivity index (χ4v) is 3.35. The van der Waals surface area contributed by atoms with Gasteiger partial charge in [0.1, 0.15) is 0 Å². The highest BCUT2D eigenvalue weighted by Crippen LogP contribution is 2.37. The minimum atomic E-state index is -1.26. The van der Waals surface area contributed by atoms with Crippen LogP contribution in [0.4, 0.5) is 0 Å². The molecule has 0 atom stereocenters. The molecule has 2 aliphatic rings. The van der Waals surface area contributed by atoms with Crippen LogP contribution in [-0.2, 0) is 9.59 Å². The van der Waals surface area contributed by atoms with Crippen LogP contribution in [0, 0.1) is 11.8 Å². The summed E-state index contributed by atoms with van der Waals surface area (Å²) in [5.74, 6) is -0.238. The van der Waals surface area contributed by atoms with Crippen LogP contribution in [0.3, 0.4) is 0 Å². The number of hydrogen-bond acceptors (Lipinski definition) is 2. The summed E-state index contributed by atoms with van der Waals surface area (Å²) in [4.78, 5) is 19.1. The van der Waals surface area contributed by atoms with Crippen LogP contribution in [0.15, 0.2) is 12.2 Å². The third kappa shape index (κ3) is 7.31. The van der Waals surface area contributed by atoms with Crippen molar-refractivity contribution in [1.82, 2.24) is 0 Å². The molecule has 0 unspecified atom stereocenters. The predicted octanol–water partition coefficient (Wildman–Crippen LogP) is 3.86. The predicted molar refractivity (Wildman–Crippen MR) is 77.6 cm³/mol. The van der Waals surface area contributed by atoms with Gasteiger partial charge in [0.2, 0.25) is 0 Å². The van der Waals surface area contributed by atoms with Crippen molar-refractivity contribution in [2.45, 2.75) is 64.2 Å². The molecule has 114 valence electrons. The topological polar surface area (TPSA) is 74.6 Å². The molecule has 2 aliphatic carbocycles. The van der Waals surface area contributed by atoms with Crippen molar-refractivity contribution in [2.75, 3.05) is 0 Å². The van der Waals surface area contributed by atoms with Gasteiger partial charge in [0.25, 0.3) is 0 Å². The molecule has 0 aromatic heterocycles. The Bertz CT molecular complexity index is 291. The van der Waals surface area contributed by atoms with Crippen LogP contribution >= 0.6 is 0 Å². The van der Waals surface area contributed by atoms with Gasteiger partial charge in [-0.05, 0) is 11.8 Å². The van der Waals surface area contributed by atoms with Crippen LogP contribution in [-0.4, -0.2) is 22.2 Å². The van der Waals surface area contributed by atoms with Gasteiger partial charge in [-0.2, -0.15) is 0 Å². The van der Waals surface area contributed by atoms with Gasteiger partial charge in [-0.3, -0.25) is 0 Å². The molecule has 0 bridgehead atoms. The fraction of sp³-hybridized carbons (Fsp3) is 0.750. The van der Waals surface area contributed by atoms with Crippen LogP contribution < -0.4 is 0 Å². The van der Waals surface area contributed by atoms with E-state index in [1.54, 1.807) is 25.7 Å². The van der Waals surface area contributed by atoms with E-state index < -0.39 is 11.9 Å². The summed E-state index contributed by atoms with van der Waals surface area (Å²) < 4.78 is 0. The summed E-state index contributed by atoms with van der Waals surface area (Å²) in [6.07, 6.45) is 16.5. The lowest BCUT2D eigenvalue weighted by molar-refractivity contribution is -0.134. The van der Waals surface area contributed by atoms with Gasteiger partial charge in [-0.1, -0.05) is 64.2 Å². The monoisotopic (exact) mass is 282 g/mol. The van der Waals surface area contributed by atoms with Crippen molar-refractivity contribution < 1.29 is 19.8 Å². The molecular formula is C16H26O4. The molecule has 2 fully saturated rings. The van der Waals surface area contributed by atoms with Crippen LogP contribution in [0.1, 0.15) is 64.2 Å². The average Bonchev–Trinajstić information content (AvgIpc) is 2.48. The molecule has 2 saturated carbocycles. The van der Waals surface area contributed by atoms with E-state index >= 15 is 0 Å². The van der Waals surface area contributed by atoms with Crippen LogP contribution in [0.25, 0.3) is 0 Å². The summed E-state index contributed by atoms with van der Waals surface area (Å²) in [5.41, 5.74) is 0. The molecule has 0 saturated heterocycles. The first-order chi connectivity index (χ1) is 9.59. The van der Waals surface area contributed by atoms with Crippen molar-refractivity contribution in [3.63, 3.8) is 0 Å². The Morgan fingerprint density at radius 3 is 1.20 bits per heavy atom. The minimum Gasteiger partial charge on any atom is -0.478 e. The van der Waals surface area contributed by atoms with Crippen molar-refractivity contribution in [1.29, 1.82) is 0 Å². The van der Waals surface area contributed by atoms with Crippen molar-refractivity contribution >= 4 is 11.9 Å². The first-order valence-electron chi connectivity index (χ1n) is 7.73. The number of carboxylic acids is 2. The Labute approximate surface area is 120 Å². The molecule has 0 radical (unpaired) electrons. The lowest BCUT2D eigenvalue weighted by Crippen LogP contribution is -2.20. The third-order valence-corrected chi connectivity index (χ3v) is 4.33. The van der Waals surface area contributed by atoms with E-state index in [0.29, 0.717) is 12.2 Å². The van der Waals surface area contributed by atoms with Gasteiger partial charge < -0.3 is 10.2 Å². The molecule has 4 heteroatoms. The molecule has 0 spiro atoms. The number of rotatable bonds is 3. The second-order valence-corrected chi connectivity index (χ2v) is 5.81. The highest BCUT2D eigenvalue weighted by Gasteiger charge is 2.24. The normalized spacial score (nSPS) is 21.2. The molecule has 20 heavy (non-hydrogen) atoms. The van der Waals surface area contributed by atoms with Gasteiger partial charge in [0.15, 0.2) is 0 Å². The highest BCUT2D eigenvalue weighted by molar-refractivity contribution is 5.89. The van der Waals surface area contributed by atoms with Gasteiger partial charge in [0.05, 0.1) is 0 Å². The maximum atomic E-state index is 9.55. The van der Waals surface area contributed by atoms with E-state index in [0.717, 1.165) is 11.8 Å². The van der Waals surface area contributed by atoms with Crippen molar-refractivity contribution in [3.8, 4) is 0 Å². The molecule has 0 aliphatic heterocycles. The maximum absolute atomic E-state index is 9.55. The number of aliphatic carboxylic acids is 2. The van der Waals surface area contributed by atoms with Crippen molar-refractivity contribution in [3.05, 3.63) is 12.2 Å². The molecule has 2 N–H and O–H groups in total. The molecule has 2 rings (SSSR count).